The van der Waals surface area contributed by atoms with Crippen LogP contribution in [0.4, 0.5) is 5.13 Å². The molecule has 124 valence electrons. The van der Waals surface area contributed by atoms with Crippen molar-refractivity contribution in [1.82, 2.24) is 9.88 Å². The fourth-order valence-corrected chi connectivity index (χ4v) is 3.58. The van der Waals surface area contributed by atoms with Crippen LogP contribution in [0.3, 0.4) is 0 Å². The Kier molecular flexibility index (Phi) is 4.03. The van der Waals surface area contributed by atoms with E-state index >= 15 is 0 Å². The molecule has 5 nitrogen and oxygen atoms in total. The molecule has 1 unspecified atom stereocenters. The van der Waals surface area contributed by atoms with Gasteiger partial charge in [0.05, 0.1) is 0 Å². The molecule has 2 amide bonds. The number of hydrogen-bond acceptors (Lipinski definition) is 4. The van der Waals surface area contributed by atoms with Gasteiger partial charge in [0.2, 0.25) is 0 Å². The summed E-state index contributed by atoms with van der Waals surface area (Å²) in [5.74, 6) is -0.388. The number of hydrogen-bond donors (Lipinski definition) is 1. The molecule has 3 aromatic rings. The van der Waals surface area contributed by atoms with E-state index in [1.807, 2.05) is 48.5 Å². The topological polar surface area (TPSA) is 62.3 Å². The van der Waals surface area contributed by atoms with E-state index in [0.717, 1.165) is 11.1 Å². The summed E-state index contributed by atoms with van der Waals surface area (Å²) in [4.78, 5) is 31.5. The zero-order chi connectivity index (χ0) is 17.2. The van der Waals surface area contributed by atoms with Crippen LogP contribution in [0, 0.1) is 0 Å². The molecule has 0 radical (unpaired) electrons. The highest BCUT2D eigenvalue weighted by atomic mass is 32.1. The molecule has 2 heterocycles. The van der Waals surface area contributed by atoms with Crippen molar-refractivity contribution in [1.29, 1.82) is 0 Å². The van der Waals surface area contributed by atoms with Gasteiger partial charge in [0.1, 0.15) is 6.04 Å². The van der Waals surface area contributed by atoms with Crippen LogP contribution in [0.5, 0.6) is 0 Å². The molecule has 1 aliphatic rings. The van der Waals surface area contributed by atoms with Crippen LogP contribution in [-0.2, 0) is 11.3 Å². The maximum absolute atomic E-state index is 13.0. The molecule has 25 heavy (non-hydrogen) atoms. The number of carbonyl (C=O) groups excluding carboxylic acids is 2. The Morgan fingerprint density at radius 1 is 1.12 bits per heavy atom. The second kappa shape index (κ2) is 6.49. The predicted octanol–water partition coefficient (Wildman–Crippen LogP) is 3.48. The molecule has 0 spiro atoms. The molecule has 4 rings (SSSR count). The fourth-order valence-electron chi connectivity index (χ4n) is 3.05. The summed E-state index contributed by atoms with van der Waals surface area (Å²) in [5.41, 5.74) is 2.37. The largest absolute Gasteiger partial charge is 0.318 e. The molecule has 0 aliphatic carbocycles. The second-order valence-electron chi connectivity index (χ2n) is 5.73. The van der Waals surface area contributed by atoms with Gasteiger partial charge < -0.3 is 4.90 Å². The van der Waals surface area contributed by atoms with Crippen LogP contribution in [0.1, 0.15) is 27.5 Å². The van der Waals surface area contributed by atoms with Crippen LogP contribution in [0.15, 0.2) is 66.2 Å². The summed E-state index contributed by atoms with van der Waals surface area (Å²) in [7, 11) is 0. The van der Waals surface area contributed by atoms with Crippen LogP contribution >= 0.6 is 11.3 Å². The molecular formula is C19H15N3O2S. The lowest BCUT2D eigenvalue weighted by molar-refractivity contribution is -0.120. The predicted molar refractivity (Wildman–Crippen MR) is 96.2 cm³/mol. The quantitative estimate of drug-likeness (QED) is 0.784. The first-order valence-corrected chi connectivity index (χ1v) is 8.76. The van der Waals surface area contributed by atoms with Gasteiger partial charge in [-0.15, -0.1) is 11.3 Å². The van der Waals surface area contributed by atoms with Gasteiger partial charge in [-0.25, -0.2) is 4.98 Å². The Labute approximate surface area is 148 Å². The molecule has 0 bridgehead atoms. The van der Waals surface area contributed by atoms with E-state index in [1.54, 1.807) is 22.5 Å². The molecule has 1 N–H and O–H groups in total. The van der Waals surface area contributed by atoms with Gasteiger partial charge in [-0.2, -0.15) is 0 Å². The van der Waals surface area contributed by atoms with Crippen LogP contribution in [0.2, 0.25) is 0 Å². The zero-order valence-corrected chi connectivity index (χ0v) is 14.1. The Morgan fingerprint density at radius 2 is 1.88 bits per heavy atom. The highest BCUT2D eigenvalue weighted by Gasteiger charge is 2.37. The fraction of sp³-hybridized carbons (Fsp3) is 0.105. The lowest BCUT2D eigenvalue weighted by Gasteiger charge is -2.27. The molecular weight excluding hydrogens is 334 g/mol. The van der Waals surface area contributed by atoms with Crippen molar-refractivity contribution in [3.05, 3.63) is 82.9 Å². The van der Waals surface area contributed by atoms with Crippen molar-refractivity contribution >= 4 is 28.3 Å². The lowest BCUT2D eigenvalue weighted by atomic mass is 10.0. The average molecular weight is 349 g/mol. The number of nitrogens with one attached hydrogen (secondary N) is 1. The van der Waals surface area contributed by atoms with E-state index in [4.69, 9.17) is 0 Å². The van der Waals surface area contributed by atoms with Crippen molar-refractivity contribution in [2.45, 2.75) is 12.6 Å². The van der Waals surface area contributed by atoms with Crippen LogP contribution < -0.4 is 5.32 Å². The summed E-state index contributed by atoms with van der Waals surface area (Å²) < 4.78 is 0. The van der Waals surface area contributed by atoms with Crippen molar-refractivity contribution in [2.24, 2.45) is 0 Å². The van der Waals surface area contributed by atoms with E-state index in [2.05, 4.69) is 10.3 Å². The smallest absolute Gasteiger partial charge is 0.255 e. The van der Waals surface area contributed by atoms with Crippen molar-refractivity contribution in [3.63, 3.8) is 0 Å². The molecule has 1 aromatic heterocycles. The Bertz CT molecular complexity index is 909. The summed E-state index contributed by atoms with van der Waals surface area (Å²) in [6.07, 6.45) is 1.63. The van der Waals surface area contributed by atoms with Crippen molar-refractivity contribution in [3.8, 4) is 0 Å². The Balaban J connectivity index is 1.69. The summed E-state index contributed by atoms with van der Waals surface area (Å²) in [6.45, 7) is 0.417. The number of amides is 2. The number of rotatable bonds is 4. The summed E-state index contributed by atoms with van der Waals surface area (Å²) in [6, 6.07) is 16.1. The first-order valence-electron chi connectivity index (χ1n) is 7.88. The average Bonchev–Trinajstić information content (AvgIpc) is 3.25. The third kappa shape index (κ3) is 2.92. The lowest BCUT2D eigenvalue weighted by Crippen LogP contribution is -2.37. The Hall–Kier alpha value is -2.99. The van der Waals surface area contributed by atoms with E-state index in [-0.39, 0.29) is 11.8 Å². The Morgan fingerprint density at radius 3 is 2.60 bits per heavy atom. The minimum absolute atomic E-state index is 0.126. The van der Waals surface area contributed by atoms with Crippen LogP contribution in [-0.4, -0.2) is 21.7 Å². The minimum atomic E-state index is -0.704. The van der Waals surface area contributed by atoms with E-state index in [1.165, 1.54) is 11.3 Å². The number of aromatic nitrogens is 1. The molecule has 0 saturated carbocycles. The highest BCUT2D eigenvalue weighted by molar-refractivity contribution is 7.13. The summed E-state index contributed by atoms with van der Waals surface area (Å²) in [5, 5.41) is 5.14. The van der Waals surface area contributed by atoms with E-state index in [9.17, 15) is 9.59 Å². The molecule has 0 fully saturated rings. The molecule has 6 heteroatoms. The number of nitrogens with zero attached hydrogens (tertiary/aromatic N) is 2. The molecule has 1 aliphatic heterocycles. The van der Waals surface area contributed by atoms with E-state index in [0.29, 0.717) is 17.2 Å². The number of thiazole rings is 1. The van der Waals surface area contributed by atoms with Gasteiger partial charge in [0, 0.05) is 23.7 Å². The standard InChI is InChI=1S/C19H15N3O2S/c23-17(21-19-20-10-11-25-19)16(13-6-2-1-3-7-13)22-12-14-8-4-5-9-15(14)18(22)24/h1-11,16H,12H2,(H,20,21,23). The second-order valence-corrected chi connectivity index (χ2v) is 6.62. The van der Waals surface area contributed by atoms with Crippen molar-refractivity contribution in [2.75, 3.05) is 5.32 Å². The zero-order valence-electron chi connectivity index (χ0n) is 13.3. The first-order chi connectivity index (χ1) is 12.2. The molecule has 0 saturated heterocycles. The molecule has 1 atom stereocenters. The normalized spacial score (nSPS) is 14.2. The SMILES string of the molecule is O=C(Nc1nccs1)C(c1ccccc1)N1Cc2ccccc2C1=O. The van der Waals surface area contributed by atoms with Gasteiger partial charge in [-0.05, 0) is 17.2 Å². The van der Waals surface area contributed by atoms with Crippen molar-refractivity contribution < 1.29 is 9.59 Å². The number of carbonyl (C=O) groups is 2. The third-order valence-electron chi connectivity index (χ3n) is 4.19. The maximum atomic E-state index is 13.0. The van der Waals surface area contributed by atoms with Gasteiger partial charge in [0.25, 0.3) is 11.8 Å². The van der Waals surface area contributed by atoms with Crippen LogP contribution in [0.25, 0.3) is 0 Å². The highest BCUT2D eigenvalue weighted by Crippen LogP contribution is 2.32. The maximum Gasteiger partial charge on any atom is 0.255 e. The van der Waals surface area contributed by atoms with Gasteiger partial charge in [-0.3, -0.25) is 14.9 Å². The molecule has 2 aromatic carbocycles. The van der Waals surface area contributed by atoms with Gasteiger partial charge in [-0.1, -0.05) is 48.5 Å². The van der Waals surface area contributed by atoms with Gasteiger partial charge >= 0.3 is 0 Å². The van der Waals surface area contributed by atoms with E-state index < -0.39 is 6.04 Å². The monoisotopic (exact) mass is 349 g/mol. The third-order valence-corrected chi connectivity index (χ3v) is 4.88. The minimum Gasteiger partial charge on any atom is -0.318 e. The number of benzene rings is 2. The number of fused-ring (bicyclic) bond motifs is 1. The number of anilines is 1. The first kappa shape index (κ1) is 15.5. The van der Waals surface area contributed by atoms with Gasteiger partial charge in [0.15, 0.2) is 5.13 Å². The summed E-state index contributed by atoms with van der Waals surface area (Å²) >= 11 is 1.35.